The molecule has 1 atom stereocenters. The molecule has 1 aliphatic heterocycles. The zero-order chi connectivity index (χ0) is 11.1. The SMILES string of the molecule is CCC1CCN(CCCC(C)C)CCN1. The van der Waals surface area contributed by atoms with Gasteiger partial charge in [-0.1, -0.05) is 20.8 Å². The summed E-state index contributed by atoms with van der Waals surface area (Å²) in [5.74, 6) is 0.860. The van der Waals surface area contributed by atoms with Crippen molar-refractivity contribution < 1.29 is 0 Å². The Balaban J connectivity index is 2.14. The molecule has 0 aromatic rings. The summed E-state index contributed by atoms with van der Waals surface area (Å²) >= 11 is 0. The quantitative estimate of drug-likeness (QED) is 0.753. The standard InChI is InChI=1S/C13H28N2/c1-4-13-7-10-15(11-8-14-13)9-5-6-12(2)3/h12-14H,4-11H2,1-3H3. The number of hydrogen-bond acceptors (Lipinski definition) is 2. The minimum Gasteiger partial charge on any atom is -0.313 e. The van der Waals surface area contributed by atoms with Gasteiger partial charge in [-0.3, -0.25) is 0 Å². The van der Waals surface area contributed by atoms with Crippen LogP contribution in [0.5, 0.6) is 0 Å². The zero-order valence-corrected chi connectivity index (χ0v) is 10.8. The van der Waals surface area contributed by atoms with Gasteiger partial charge < -0.3 is 10.2 Å². The lowest BCUT2D eigenvalue weighted by Crippen LogP contribution is -2.30. The molecule has 90 valence electrons. The molecule has 1 aliphatic rings. The molecule has 2 heteroatoms. The van der Waals surface area contributed by atoms with Crippen LogP contribution in [0, 0.1) is 5.92 Å². The number of nitrogens with one attached hydrogen (secondary N) is 1. The van der Waals surface area contributed by atoms with Crippen molar-refractivity contribution in [2.75, 3.05) is 26.2 Å². The van der Waals surface area contributed by atoms with Crippen molar-refractivity contribution in [3.63, 3.8) is 0 Å². The Morgan fingerprint density at radius 1 is 1.33 bits per heavy atom. The molecule has 2 nitrogen and oxygen atoms in total. The first-order chi connectivity index (χ1) is 7.22. The van der Waals surface area contributed by atoms with Crippen LogP contribution >= 0.6 is 0 Å². The van der Waals surface area contributed by atoms with E-state index in [1.165, 1.54) is 51.9 Å². The molecule has 0 saturated carbocycles. The van der Waals surface area contributed by atoms with Gasteiger partial charge in [-0.25, -0.2) is 0 Å². The molecule has 0 amide bonds. The van der Waals surface area contributed by atoms with Gasteiger partial charge in [0.2, 0.25) is 0 Å². The first-order valence-corrected chi connectivity index (χ1v) is 6.68. The fraction of sp³-hybridized carbons (Fsp3) is 1.00. The molecular weight excluding hydrogens is 184 g/mol. The average molecular weight is 212 g/mol. The third-order valence-corrected chi connectivity index (χ3v) is 3.40. The molecule has 1 fully saturated rings. The maximum absolute atomic E-state index is 3.62. The second kappa shape index (κ2) is 7.24. The van der Waals surface area contributed by atoms with E-state index in [1.54, 1.807) is 0 Å². The summed E-state index contributed by atoms with van der Waals surface area (Å²) in [4.78, 5) is 2.63. The van der Waals surface area contributed by atoms with E-state index in [1.807, 2.05) is 0 Å². The van der Waals surface area contributed by atoms with E-state index in [0.717, 1.165) is 12.0 Å². The van der Waals surface area contributed by atoms with Gasteiger partial charge in [0.15, 0.2) is 0 Å². The molecule has 1 unspecified atom stereocenters. The minimum absolute atomic E-state index is 0.764. The van der Waals surface area contributed by atoms with Gasteiger partial charge in [-0.05, 0) is 44.7 Å². The van der Waals surface area contributed by atoms with Gasteiger partial charge >= 0.3 is 0 Å². The van der Waals surface area contributed by atoms with Crippen LogP contribution < -0.4 is 5.32 Å². The van der Waals surface area contributed by atoms with E-state index >= 15 is 0 Å². The molecule has 1 N–H and O–H groups in total. The topological polar surface area (TPSA) is 15.3 Å². The van der Waals surface area contributed by atoms with Gasteiger partial charge in [-0.2, -0.15) is 0 Å². The van der Waals surface area contributed by atoms with Crippen molar-refractivity contribution in [1.29, 1.82) is 0 Å². The molecule has 0 spiro atoms. The summed E-state index contributed by atoms with van der Waals surface area (Å²) in [6.07, 6.45) is 5.35. The molecule has 0 aromatic carbocycles. The van der Waals surface area contributed by atoms with Gasteiger partial charge in [0.1, 0.15) is 0 Å². The average Bonchev–Trinajstić information content (AvgIpc) is 2.42. The van der Waals surface area contributed by atoms with E-state index in [4.69, 9.17) is 0 Å². The second-order valence-corrected chi connectivity index (χ2v) is 5.23. The Morgan fingerprint density at radius 2 is 2.13 bits per heavy atom. The Kier molecular flexibility index (Phi) is 6.26. The Morgan fingerprint density at radius 3 is 2.80 bits per heavy atom. The van der Waals surface area contributed by atoms with Crippen molar-refractivity contribution >= 4 is 0 Å². The van der Waals surface area contributed by atoms with Crippen molar-refractivity contribution in [2.24, 2.45) is 5.92 Å². The lowest BCUT2D eigenvalue weighted by molar-refractivity contribution is 0.278. The summed E-state index contributed by atoms with van der Waals surface area (Å²) in [5.41, 5.74) is 0. The first kappa shape index (κ1) is 13.0. The largest absolute Gasteiger partial charge is 0.313 e. The molecule has 0 aromatic heterocycles. The number of rotatable bonds is 5. The fourth-order valence-corrected chi connectivity index (χ4v) is 2.27. The highest BCUT2D eigenvalue weighted by molar-refractivity contribution is 4.73. The summed E-state index contributed by atoms with van der Waals surface area (Å²) in [5, 5.41) is 3.62. The summed E-state index contributed by atoms with van der Waals surface area (Å²) < 4.78 is 0. The summed E-state index contributed by atoms with van der Waals surface area (Å²) in [7, 11) is 0. The molecule has 0 aliphatic carbocycles. The summed E-state index contributed by atoms with van der Waals surface area (Å²) in [6, 6.07) is 0.764. The lowest BCUT2D eigenvalue weighted by atomic mass is 10.1. The smallest absolute Gasteiger partial charge is 0.0107 e. The first-order valence-electron chi connectivity index (χ1n) is 6.68. The van der Waals surface area contributed by atoms with Gasteiger partial charge in [0, 0.05) is 19.1 Å². The van der Waals surface area contributed by atoms with E-state index in [-0.39, 0.29) is 0 Å². The molecule has 1 saturated heterocycles. The van der Waals surface area contributed by atoms with E-state index < -0.39 is 0 Å². The second-order valence-electron chi connectivity index (χ2n) is 5.23. The fourth-order valence-electron chi connectivity index (χ4n) is 2.27. The van der Waals surface area contributed by atoms with Crippen LogP contribution in [-0.2, 0) is 0 Å². The van der Waals surface area contributed by atoms with Crippen LogP contribution in [0.15, 0.2) is 0 Å². The number of nitrogens with zero attached hydrogens (tertiary/aromatic N) is 1. The van der Waals surface area contributed by atoms with Crippen LogP contribution in [-0.4, -0.2) is 37.1 Å². The third kappa shape index (κ3) is 5.53. The Labute approximate surface area is 95.4 Å². The Bertz CT molecular complexity index is 157. The van der Waals surface area contributed by atoms with Gasteiger partial charge in [0.05, 0.1) is 0 Å². The predicted octanol–water partition coefficient (Wildman–Crippen LogP) is 2.50. The minimum atomic E-state index is 0.764. The monoisotopic (exact) mass is 212 g/mol. The molecule has 15 heavy (non-hydrogen) atoms. The molecule has 1 heterocycles. The van der Waals surface area contributed by atoms with Crippen molar-refractivity contribution in [3.05, 3.63) is 0 Å². The molecule has 0 bridgehead atoms. The molecular formula is C13H28N2. The van der Waals surface area contributed by atoms with E-state index in [0.29, 0.717) is 0 Å². The van der Waals surface area contributed by atoms with Crippen LogP contribution in [0.4, 0.5) is 0 Å². The van der Waals surface area contributed by atoms with Crippen LogP contribution in [0.25, 0.3) is 0 Å². The van der Waals surface area contributed by atoms with Crippen molar-refractivity contribution in [2.45, 2.75) is 52.5 Å². The normalized spacial score (nSPS) is 24.4. The molecule has 1 rings (SSSR count). The highest BCUT2D eigenvalue weighted by atomic mass is 15.2. The maximum atomic E-state index is 3.62. The van der Waals surface area contributed by atoms with Crippen molar-refractivity contribution in [3.8, 4) is 0 Å². The molecule has 0 radical (unpaired) electrons. The van der Waals surface area contributed by atoms with E-state index in [2.05, 4.69) is 31.0 Å². The Hall–Kier alpha value is -0.0800. The van der Waals surface area contributed by atoms with Crippen molar-refractivity contribution in [1.82, 2.24) is 10.2 Å². The zero-order valence-electron chi connectivity index (χ0n) is 10.8. The lowest BCUT2D eigenvalue weighted by Gasteiger charge is -2.19. The number of hydrogen-bond donors (Lipinski definition) is 1. The van der Waals surface area contributed by atoms with E-state index in [9.17, 15) is 0 Å². The van der Waals surface area contributed by atoms with Gasteiger partial charge in [-0.15, -0.1) is 0 Å². The van der Waals surface area contributed by atoms with Crippen LogP contribution in [0.3, 0.4) is 0 Å². The van der Waals surface area contributed by atoms with Gasteiger partial charge in [0.25, 0.3) is 0 Å². The van der Waals surface area contributed by atoms with Crippen LogP contribution in [0.2, 0.25) is 0 Å². The maximum Gasteiger partial charge on any atom is 0.0107 e. The predicted molar refractivity (Wildman–Crippen MR) is 67.2 cm³/mol. The third-order valence-electron chi connectivity index (χ3n) is 3.40. The summed E-state index contributed by atoms with van der Waals surface area (Å²) in [6.45, 7) is 11.9. The highest BCUT2D eigenvalue weighted by Gasteiger charge is 2.14. The van der Waals surface area contributed by atoms with Crippen LogP contribution in [0.1, 0.15) is 46.5 Å². The highest BCUT2D eigenvalue weighted by Crippen LogP contribution is 2.08.